The first kappa shape index (κ1) is 9.83. The molecule has 1 fully saturated rings. The summed E-state index contributed by atoms with van der Waals surface area (Å²) in [7, 11) is 0. The van der Waals surface area contributed by atoms with Gasteiger partial charge in [0.25, 0.3) is 0 Å². The van der Waals surface area contributed by atoms with Crippen LogP contribution < -0.4 is 0 Å². The van der Waals surface area contributed by atoms with Gasteiger partial charge in [-0.05, 0) is 24.8 Å². The maximum absolute atomic E-state index is 11.9. The van der Waals surface area contributed by atoms with Crippen LogP contribution in [0.4, 0.5) is 5.00 Å². The molecule has 17 heavy (non-hydrogen) atoms. The number of ketones is 1. The van der Waals surface area contributed by atoms with E-state index in [1.807, 2.05) is 0 Å². The van der Waals surface area contributed by atoms with Crippen molar-refractivity contribution >= 4 is 28.0 Å². The molecule has 4 heteroatoms. The summed E-state index contributed by atoms with van der Waals surface area (Å²) in [6, 6.07) is 0. The Hall–Kier alpha value is -1.16. The van der Waals surface area contributed by atoms with E-state index < -0.39 is 0 Å². The lowest BCUT2D eigenvalue weighted by Crippen LogP contribution is -2.27. The number of hydrogen-bond acceptors (Lipinski definition) is 4. The lowest BCUT2D eigenvalue weighted by atomic mass is 9.94. The van der Waals surface area contributed by atoms with E-state index in [0.717, 1.165) is 48.7 Å². The highest BCUT2D eigenvalue weighted by atomic mass is 32.1. The van der Waals surface area contributed by atoms with E-state index >= 15 is 0 Å². The minimum atomic E-state index is 0.339. The largest absolute Gasteiger partial charge is 0.356 e. The van der Waals surface area contributed by atoms with Crippen molar-refractivity contribution in [2.24, 2.45) is 4.99 Å². The van der Waals surface area contributed by atoms with Gasteiger partial charge in [0.05, 0.1) is 4.88 Å². The summed E-state index contributed by atoms with van der Waals surface area (Å²) in [5, 5.41) is 1.12. The Morgan fingerprint density at radius 2 is 2.06 bits per heavy atom. The van der Waals surface area contributed by atoms with E-state index in [4.69, 9.17) is 4.99 Å². The second kappa shape index (κ2) is 3.42. The third kappa shape index (κ3) is 1.33. The first-order valence-corrected chi connectivity index (χ1v) is 7.15. The molecule has 2 aliphatic heterocycles. The predicted octanol–water partition coefficient (Wildman–Crippen LogP) is 2.91. The van der Waals surface area contributed by atoms with Gasteiger partial charge in [0.15, 0.2) is 5.78 Å². The zero-order valence-corrected chi connectivity index (χ0v) is 10.5. The number of Topliss-reactive ketones (excluding diaryl/α,β-unsaturated/α-hetero) is 1. The van der Waals surface area contributed by atoms with Gasteiger partial charge < -0.3 is 4.90 Å². The molecule has 0 bridgehead atoms. The average Bonchev–Trinajstić information content (AvgIpc) is 2.90. The number of thiophene rings is 1. The Bertz CT molecular complexity index is 544. The van der Waals surface area contributed by atoms with Crippen LogP contribution in [0, 0.1) is 0 Å². The van der Waals surface area contributed by atoms with Crippen LogP contribution in [-0.4, -0.2) is 23.1 Å². The molecule has 0 amide bonds. The van der Waals surface area contributed by atoms with Crippen molar-refractivity contribution in [2.75, 3.05) is 6.54 Å². The number of fused-ring (bicyclic) bond motifs is 4. The number of carbonyl (C=O) groups is 1. The number of aliphatic imine (C=N–C) groups is 1. The minimum absolute atomic E-state index is 0.339. The Morgan fingerprint density at radius 3 is 3.00 bits per heavy atom. The molecule has 0 atom stereocenters. The molecule has 4 rings (SSSR count). The van der Waals surface area contributed by atoms with Crippen molar-refractivity contribution in [3.05, 3.63) is 16.0 Å². The highest BCUT2D eigenvalue weighted by Crippen LogP contribution is 2.43. The molecule has 1 aromatic rings. The van der Waals surface area contributed by atoms with Crippen molar-refractivity contribution in [1.29, 1.82) is 0 Å². The van der Waals surface area contributed by atoms with E-state index in [-0.39, 0.29) is 0 Å². The number of hydrogen-bond donors (Lipinski definition) is 0. The zero-order chi connectivity index (χ0) is 11.4. The van der Waals surface area contributed by atoms with Gasteiger partial charge >= 0.3 is 0 Å². The Kier molecular flexibility index (Phi) is 1.98. The number of rotatable bonds is 0. The quantitative estimate of drug-likeness (QED) is 0.705. The lowest BCUT2D eigenvalue weighted by Gasteiger charge is -2.24. The van der Waals surface area contributed by atoms with Crippen LogP contribution in [0.2, 0.25) is 0 Å². The first-order chi connectivity index (χ1) is 8.33. The van der Waals surface area contributed by atoms with E-state index in [2.05, 4.69) is 4.90 Å². The normalized spacial score (nSPS) is 22.0. The second-order valence-electron chi connectivity index (χ2n) is 5.02. The highest BCUT2D eigenvalue weighted by Gasteiger charge is 2.31. The average molecular weight is 246 g/mol. The fourth-order valence-electron chi connectivity index (χ4n) is 3.09. The molecule has 0 aromatic carbocycles. The van der Waals surface area contributed by atoms with Gasteiger partial charge in [0.2, 0.25) is 0 Å². The van der Waals surface area contributed by atoms with E-state index in [9.17, 15) is 4.79 Å². The monoisotopic (exact) mass is 246 g/mol. The van der Waals surface area contributed by atoms with Gasteiger partial charge in [-0.3, -0.25) is 4.79 Å². The molecule has 3 aliphatic rings. The molecule has 0 spiro atoms. The van der Waals surface area contributed by atoms with Crippen molar-refractivity contribution in [1.82, 2.24) is 4.90 Å². The van der Waals surface area contributed by atoms with Crippen LogP contribution in [0.15, 0.2) is 4.99 Å². The molecular formula is C13H14N2OS. The van der Waals surface area contributed by atoms with Crippen molar-refractivity contribution in [3.63, 3.8) is 0 Å². The Morgan fingerprint density at radius 1 is 1.12 bits per heavy atom. The Balaban J connectivity index is 1.87. The fourth-order valence-corrected chi connectivity index (χ4v) is 4.31. The van der Waals surface area contributed by atoms with Crippen LogP contribution >= 0.6 is 11.3 Å². The summed E-state index contributed by atoms with van der Waals surface area (Å²) >= 11 is 1.63. The molecule has 3 heterocycles. The van der Waals surface area contributed by atoms with E-state index in [1.54, 1.807) is 11.3 Å². The maximum Gasteiger partial charge on any atom is 0.173 e. The third-order valence-corrected chi connectivity index (χ3v) is 5.16. The number of carbonyl (C=O) groups excluding carboxylic acids is 1. The summed E-state index contributed by atoms with van der Waals surface area (Å²) in [5.74, 6) is 1.58. The molecule has 88 valence electrons. The Labute approximate surface area is 104 Å². The first-order valence-electron chi connectivity index (χ1n) is 6.33. The van der Waals surface area contributed by atoms with Gasteiger partial charge in [-0.15, -0.1) is 11.3 Å². The summed E-state index contributed by atoms with van der Waals surface area (Å²) in [6.45, 7) is 2.13. The molecular weight excluding hydrogens is 232 g/mol. The standard InChI is InChI=1S/C13H14N2OS/c16-10-4-1-3-8-9-7-15-6-2-5-11(15)14-13(9)17-12(8)10/h1-7H2. The molecule has 1 aromatic heterocycles. The van der Waals surface area contributed by atoms with Gasteiger partial charge in [-0.2, -0.15) is 0 Å². The summed E-state index contributed by atoms with van der Waals surface area (Å²) in [6.07, 6.45) is 5.16. The van der Waals surface area contributed by atoms with Crippen LogP contribution in [-0.2, 0) is 13.0 Å². The third-order valence-electron chi connectivity index (χ3n) is 3.95. The van der Waals surface area contributed by atoms with Crippen LogP contribution in [0.3, 0.4) is 0 Å². The van der Waals surface area contributed by atoms with Gasteiger partial charge in [0, 0.05) is 31.5 Å². The molecule has 3 nitrogen and oxygen atoms in total. The lowest BCUT2D eigenvalue weighted by molar-refractivity contribution is 0.0976. The van der Waals surface area contributed by atoms with Gasteiger partial charge in [0.1, 0.15) is 10.8 Å². The van der Waals surface area contributed by atoms with Crippen LogP contribution in [0.1, 0.15) is 46.5 Å². The molecule has 0 saturated carbocycles. The fraction of sp³-hybridized carbons (Fsp3) is 0.538. The predicted molar refractivity (Wildman–Crippen MR) is 68.3 cm³/mol. The van der Waals surface area contributed by atoms with E-state index in [0.29, 0.717) is 5.78 Å². The summed E-state index contributed by atoms with van der Waals surface area (Å²) < 4.78 is 0. The summed E-state index contributed by atoms with van der Waals surface area (Å²) in [4.78, 5) is 20.0. The molecule has 0 unspecified atom stereocenters. The maximum atomic E-state index is 11.9. The topological polar surface area (TPSA) is 32.7 Å². The zero-order valence-electron chi connectivity index (χ0n) is 9.66. The van der Waals surface area contributed by atoms with Gasteiger partial charge in [-0.1, -0.05) is 0 Å². The van der Waals surface area contributed by atoms with E-state index in [1.165, 1.54) is 23.4 Å². The van der Waals surface area contributed by atoms with Crippen molar-refractivity contribution in [2.45, 2.75) is 38.6 Å². The SMILES string of the molecule is O=C1CCCc2c1sc1c2CN2CCCC2=N1. The highest BCUT2D eigenvalue weighted by molar-refractivity contribution is 7.18. The van der Waals surface area contributed by atoms with Gasteiger partial charge in [-0.25, -0.2) is 4.99 Å². The second-order valence-corrected chi connectivity index (χ2v) is 6.02. The molecule has 0 N–H and O–H groups in total. The molecule has 1 saturated heterocycles. The van der Waals surface area contributed by atoms with Crippen molar-refractivity contribution < 1.29 is 4.79 Å². The molecule has 1 aliphatic carbocycles. The molecule has 0 radical (unpaired) electrons. The van der Waals surface area contributed by atoms with Crippen molar-refractivity contribution in [3.8, 4) is 0 Å². The summed E-state index contributed by atoms with van der Waals surface area (Å²) in [5.41, 5.74) is 2.67. The van der Waals surface area contributed by atoms with Crippen LogP contribution in [0.5, 0.6) is 0 Å². The number of amidine groups is 1. The number of nitrogens with zero attached hydrogens (tertiary/aromatic N) is 2. The minimum Gasteiger partial charge on any atom is -0.356 e. The van der Waals surface area contributed by atoms with Crippen LogP contribution in [0.25, 0.3) is 0 Å². The smallest absolute Gasteiger partial charge is 0.173 e.